The summed E-state index contributed by atoms with van der Waals surface area (Å²) in [6.07, 6.45) is 10.1. The lowest BCUT2D eigenvalue weighted by Crippen LogP contribution is -2.02. The molecule has 1 heteroatoms. The van der Waals surface area contributed by atoms with Crippen molar-refractivity contribution >= 4 is 11.8 Å². The van der Waals surface area contributed by atoms with Gasteiger partial charge in [0.15, 0.2) is 0 Å². The van der Waals surface area contributed by atoms with Gasteiger partial charge in [0.25, 0.3) is 0 Å². The molecule has 15 heavy (non-hydrogen) atoms. The molecular weight excluding hydrogens is 200 g/mol. The highest BCUT2D eigenvalue weighted by Gasteiger charge is 2.10. The molecule has 0 nitrogen and oxygen atoms in total. The van der Waals surface area contributed by atoms with Gasteiger partial charge in [0.05, 0.1) is 0 Å². The van der Waals surface area contributed by atoms with Crippen LogP contribution in [0.1, 0.15) is 13.3 Å². The molecule has 1 aromatic carbocycles. The first-order chi connectivity index (χ1) is 7.34. The fraction of sp³-hybridized carbons (Fsp3) is 0.286. The van der Waals surface area contributed by atoms with Gasteiger partial charge < -0.3 is 0 Å². The Hall–Kier alpha value is -0.950. The number of rotatable bonds is 4. The molecule has 0 heterocycles. The summed E-state index contributed by atoms with van der Waals surface area (Å²) in [6, 6.07) is 10.6. The molecule has 1 atom stereocenters. The highest BCUT2D eigenvalue weighted by atomic mass is 32.2. The Bertz CT molecular complexity index is 339. The van der Waals surface area contributed by atoms with Gasteiger partial charge >= 0.3 is 0 Å². The maximum Gasteiger partial charge on any atom is 0.00746 e. The third-order valence-corrected chi connectivity index (χ3v) is 3.65. The van der Waals surface area contributed by atoms with E-state index in [4.69, 9.17) is 0 Å². The number of thioether (sulfide) groups is 1. The van der Waals surface area contributed by atoms with E-state index in [2.05, 4.69) is 61.6 Å². The second kappa shape index (κ2) is 5.22. The van der Waals surface area contributed by atoms with Crippen LogP contribution in [0.3, 0.4) is 0 Å². The first-order valence-electron chi connectivity index (χ1n) is 5.41. The van der Waals surface area contributed by atoms with Crippen LogP contribution in [0, 0.1) is 5.92 Å². The second-order valence-corrected chi connectivity index (χ2v) is 5.42. The van der Waals surface area contributed by atoms with Crippen molar-refractivity contribution in [3.05, 3.63) is 54.6 Å². The quantitative estimate of drug-likeness (QED) is 0.676. The molecule has 1 aliphatic rings. The molecule has 0 fully saturated rings. The molecule has 1 aliphatic carbocycles. The minimum absolute atomic E-state index is 0.649. The number of benzene rings is 1. The lowest BCUT2D eigenvalue weighted by molar-refractivity contribution is 0.710. The van der Waals surface area contributed by atoms with E-state index in [-0.39, 0.29) is 0 Å². The summed E-state index contributed by atoms with van der Waals surface area (Å²) < 4.78 is 0. The van der Waals surface area contributed by atoms with E-state index in [9.17, 15) is 0 Å². The minimum atomic E-state index is 0.649. The average Bonchev–Trinajstić information content (AvgIpc) is 2.71. The van der Waals surface area contributed by atoms with Crippen LogP contribution in [0.4, 0.5) is 0 Å². The molecule has 0 bridgehead atoms. The second-order valence-electron chi connectivity index (χ2n) is 3.91. The first kappa shape index (κ1) is 10.6. The van der Waals surface area contributed by atoms with Gasteiger partial charge in [-0.05, 0) is 24.5 Å². The molecule has 0 N–H and O–H groups in total. The van der Waals surface area contributed by atoms with E-state index in [0.29, 0.717) is 11.2 Å². The fourth-order valence-electron chi connectivity index (χ4n) is 1.80. The van der Waals surface area contributed by atoms with Crippen molar-refractivity contribution in [1.29, 1.82) is 0 Å². The van der Waals surface area contributed by atoms with Crippen molar-refractivity contribution in [3.63, 3.8) is 0 Å². The lowest BCUT2D eigenvalue weighted by Gasteiger charge is -2.13. The predicted molar refractivity (Wildman–Crippen MR) is 68.1 cm³/mol. The number of allylic oxidation sites excluding steroid dienone is 4. The fourth-order valence-corrected chi connectivity index (χ4v) is 2.90. The van der Waals surface area contributed by atoms with E-state index >= 15 is 0 Å². The molecule has 0 radical (unpaired) electrons. The maximum atomic E-state index is 2.30. The highest BCUT2D eigenvalue weighted by Crippen LogP contribution is 2.28. The Kier molecular flexibility index (Phi) is 3.68. The van der Waals surface area contributed by atoms with Crippen LogP contribution < -0.4 is 0 Å². The zero-order valence-corrected chi connectivity index (χ0v) is 9.78. The van der Waals surface area contributed by atoms with E-state index in [1.165, 1.54) is 11.3 Å². The van der Waals surface area contributed by atoms with Crippen LogP contribution >= 0.6 is 11.8 Å². The number of hydrogen-bond donors (Lipinski definition) is 0. The van der Waals surface area contributed by atoms with Crippen molar-refractivity contribution in [2.45, 2.75) is 23.5 Å². The molecule has 0 saturated heterocycles. The molecular formula is C14H16S. The monoisotopic (exact) mass is 216 g/mol. The first-order valence-corrected chi connectivity index (χ1v) is 6.29. The van der Waals surface area contributed by atoms with Crippen molar-refractivity contribution in [3.8, 4) is 0 Å². The smallest absolute Gasteiger partial charge is 0.00746 e. The van der Waals surface area contributed by atoms with Gasteiger partial charge in [0, 0.05) is 10.1 Å². The minimum Gasteiger partial charge on any atom is -0.123 e. The highest BCUT2D eigenvalue weighted by molar-refractivity contribution is 7.99. The van der Waals surface area contributed by atoms with Crippen LogP contribution in [0.15, 0.2) is 59.5 Å². The van der Waals surface area contributed by atoms with Gasteiger partial charge in [0.2, 0.25) is 0 Å². The zero-order valence-electron chi connectivity index (χ0n) is 8.97. The largest absolute Gasteiger partial charge is 0.123 e. The van der Waals surface area contributed by atoms with Crippen LogP contribution in [-0.4, -0.2) is 5.25 Å². The molecule has 1 unspecified atom stereocenters. The summed E-state index contributed by atoms with van der Waals surface area (Å²) in [7, 11) is 0. The molecule has 0 spiro atoms. The van der Waals surface area contributed by atoms with Crippen LogP contribution in [0.5, 0.6) is 0 Å². The summed E-state index contributed by atoms with van der Waals surface area (Å²) in [5.41, 5.74) is 0. The molecule has 0 aromatic heterocycles. The average molecular weight is 216 g/mol. The van der Waals surface area contributed by atoms with Crippen molar-refractivity contribution in [1.82, 2.24) is 0 Å². The van der Waals surface area contributed by atoms with Gasteiger partial charge in [-0.3, -0.25) is 0 Å². The van der Waals surface area contributed by atoms with E-state index < -0.39 is 0 Å². The predicted octanol–water partition coefficient (Wildman–Crippen LogP) is 4.30. The van der Waals surface area contributed by atoms with Gasteiger partial charge in [-0.1, -0.05) is 49.4 Å². The molecule has 0 amide bonds. The van der Waals surface area contributed by atoms with E-state index in [0.717, 1.165) is 0 Å². The Morgan fingerprint density at radius 1 is 1.13 bits per heavy atom. The van der Waals surface area contributed by atoms with Gasteiger partial charge in [0.1, 0.15) is 0 Å². The van der Waals surface area contributed by atoms with Crippen LogP contribution in [0.2, 0.25) is 0 Å². The topological polar surface area (TPSA) is 0 Å². The molecule has 0 saturated carbocycles. The summed E-state index contributed by atoms with van der Waals surface area (Å²) in [4.78, 5) is 1.37. The van der Waals surface area contributed by atoms with Crippen molar-refractivity contribution < 1.29 is 0 Å². The molecule has 1 aromatic rings. The zero-order chi connectivity index (χ0) is 10.5. The molecule has 2 rings (SSSR count). The molecule has 78 valence electrons. The van der Waals surface area contributed by atoms with E-state index in [1.54, 1.807) is 0 Å². The summed E-state index contributed by atoms with van der Waals surface area (Å²) in [5, 5.41) is 0.671. The van der Waals surface area contributed by atoms with Crippen molar-refractivity contribution in [2.75, 3.05) is 0 Å². The summed E-state index contributed by atoms with van der Waals surface area (Å²) in [6.45, 7) is 2.30. The van der Waals surface area contributed by atoms with Gasteiger partial charge in [-0.15, -0.1) is 11.8 Å². The lowest BCUT2D eigenvalue weighted by atomic mass is 10.1. The Morgan fingerprint density at radius 2 is 1.80 bits per heavy atom. The van der Waals surface area contributed by atoms with Gasteiger partial charge in [-0.2, -0.15) is 0 Å². The normalized spacial score (nSPS) is 17.1. The van der Waals surface area contributed by atoms with Crippen LogP contribution in [-0.2, 0) is 0 Å². The maximum absolute atomic E-state index is 2.30. The Balaban J connectivity index is 1.84. The van der Waals surface area contributed by atoms with E-state index in [1.807, 2.05) is 11.8 Å². The summed E-state index contributed by atoms with van der Waals surface area (Å²) >= 11 is 1.96. The molecule has 0 aliphatic heterocycles. The SMILES string of the molecule is CC(CC1C=CC=C1)Sc1ccccc1. The summed E-state index contributed by atoms with van der Waals surface area (Å²) in [5.74, 6) is 0.649. The van der Waals surface area contributed by atoms with Gasteiger partial charge in [-0.25, -0.2) is 0 Å². The third kappa shape index (κ3) is 3.28. The Labute approximate surface area is 96.1 Å². The standard InChI is InChI=1S/C14H16S/c1-12(11-13-7-5-6-8-13)15-14-9-3-2-4-10-14/h2-10,12-13H,11H2,1H3. The Morgan fingerprint density at radius 3 is 2.47 bits per heavy atom. The third-order valence-electron chi connectivity index (χ3n) is 2.51. The van der Waals surface area contributed by atoms with Crippen LogP contribution in [0.25, 0.3) is 0 Å². The van der Waals surface area contributed by atoms with Crippen molar-refractivity contribution in [2.24, 2.45) is 5.92 Å². The number of hydrogen-bond acceptors (Lipinski definition) is 1.